The molecule has 2 atom stereocenters. The van der Waals surface area contributed by atoms with Gasteiger partial charge < -0.3 is 10.1 Å². The fourth-order valence-electron chi connectivity index (χ4n) is 2.07. The van der Waals surface area contributed by atoms with Crippen molar-refractivity contribution in [3.8, 4) is 0 Å². The number of ether oxygens (including phenoxy) is 1. The van der Waals surface area contributed by atoms with E-state index >= 15 is 0 Å². The fraction of sp³-hybridized carbons (Fsp3) is 0.769. The molecule has 0 saturated heterocycles. The van der Waals surface area contributed by atoms with Crippen LogP contribution < -0.4 is 5.32 Å². The predicted molar refractivity (Wildman–Crippen MR) is 69.9 cm³/mol. The maximum Gasteiger partial charge on any atom is 0.0767 e. The molecule has 0 spiro atoms. The van der Waals surface area contributed by atoms with Crippen LogP contribution >= 0.6 is 0 Å². The third-order valence-electron chi connectivity index (χ3n) is 2.95. The molecule has 2 unspecified atom stereocenters. The molecule has 98 valence electrons. The average molecular weight is 239 g/mol. The normalized spacial score (nSPS) is 14.8. The topological polar surface area (TPSA) is 39.1 Å². The van der Waals surface area contributed by atoms with Crippen molar-refractivity contribution in [3.63, 3.8) is 0 Å². The summed E-state index contributed by atoms with van der Waals surface area (Å²) in [6.45, 7) is 5.37. The van der Waals surface area contributed by atoms with Crippen molar-refractivity contribution in [1.82, 2.24) is 15.1 Å². The number of hydrogen-bond acceptors (Lipinski definition) is 3. The zero-order valence-electron chi connectivity index (χ0n) is 11.4. The van der Waals surface area contributed by atoms with E-state index in [9.17, 15) is 0 Å². The van der Waals surface area contributed by atoms with Gasteiger partial charge >= 0.3 is 0 Å². The van der Waals surface area contributed by atoms with Crippen LogP contribution in [0.1, 0.15) is 44.7 Å². The van der Waals surface area contributed by atoms with Gasteiger partial charge in [0.25, 0.3) is 0 Å². The first-order valence-corrected chi connectivity index (χ1v) is 6.47. The van der Waals surface area contributed by atoms with Crippen LogP contribution in [0, 0.1) is 0 Å². The van der Waals surface area contributed by atoms with Crippen molar-refractivity contribution in [2.45, 2.75) is 45.3 Å². The minimum Gasteiger partial charge on any atom is -0.379 e. The molecule has 1 rings (SSSR count). The van der Waals surface area contributed by atoms with Crippen molar-refractivity contribution in [2.75, 3.05) is 13.7 Å². The van der Waals surface area contributed by atoms with Crippen LogP contribution in [0.15, 0.2) is 12.4 Å². The summed E-state index contributed by atoms with van der Waals surface area (Å²) in [6, 6.07) is 0.244. The maximum atomic E-state index is 5.61. The highest BCUT2D eigenvalue weighted by Gasteiger charge is 2.22. The Bertz CT molecular complexity index is 311. The highest BCUT2D eigenvalue weighted by atomic mass is 16.5. The van der Waals surface area contributed by atoms with Gasteiger partial charge in [-0.05, 0) is 19.4 Å². The molecule has 0 saturated carbocycles. The third-order valence-corrected chi connectivity index (χ3v) is 2.95. The lowest BCUT2D eigenvalue weighted by atomic mass is 10.0. The number of rotatable bonds is 8. The third kappa shape index (κ3) is 4.13. The zero-order valence-corrected chi connectivity index (χ0v) is 11.4. The lowest BCUT2D eigenvalue weighted by Gasteiger charge is -2.26. The molecule has 0 amide bonds. The summed E-state index contributed by atoms with van der Waals surface area (Å²) in [5, 5.41) is 7.80. The minimum absolute atomic E-state index is 0.218. The molecule has 1 heterocycles. The Balaban J connectivity index is 2.77. The largest absolute Gasteiger partial charge is 0.379 e. The molecule has 0 fully saturated rings. The van der Waals surface area contributed by atoms with Crippen LogP contribution in [0.2, 0.25) is 0 Å². The standard InChI is InChI=1S/C13H25N3O/c1-5-7-12(17-4)13(14-8-6-2)11-9-15-16(3)10-11/h9-10,12-14H,5-8H2,1-4H3. The predicted octanol–water partition coefficient (Wildman–Crippen LogP) is 2.28. The molecule has 0 bridgehead atoms. The summed E-state index contributed by atoms with van der Waals surface area (Å²) in [5.74, 6) is 0. The van der Waals surface area contributed by atoms with Crippen LogP contribution in [0.3, 0.4) is 0 Å². The van der Waals surface area contributed by atoms with Crippen LogP contribution in [-0.2, 0) is 11.8 Å². The van der Waals surface area contributed by atoms with Gasteiger partial charge in [0.2, 0.25) is 0 Å². The Morgan fingerprint density at radius 1 is 1.41 bits per heavy atom. The highest BCUT2D eigenvalue weighted by Crippen LogP contribution is 2.21. The SMILES string of the molecule is CCCNC(c1cnn(C)c1)C(CCC)OC. The molecule has 0 radical (unpaired) electrons. The second-order valence-corrected chi connectivity index (χ2v) is 4.44. The molecule has 0 aliphatic rings. The maximum absolute atomic E-state index is 5.61. The molecule has 1 N–H and O–H groups in total. The molecule has 0 aliphatic carbocycles. The lowest BCUT2D eigenvalue weighted by Crippen LogP contribution is -2.33. The fourth-order valence-corrected chi connectivity index (χ4v) is 2.07. The van der Waals surface area contributed by atoms with E-state index in [1.54, 1.807) is 7.11 Å². The number of hydrogen-bond donors (Lipinski definition) is 1. The smallest absolute Gasteiger partial charge is 0.0767 e. The highest BCUT2D eigenvalue weighted by molar-refractivity contribution is 5.12. The molecule has 4 heteroatoms. The van der Waals surface area contributed by atoms with Gasteiger partial charge in [0.05, 0.1) is 18.3 Å². The molecule has 0 aromatic carbocycles. The van der Waals surface area contributed by atoms with Crippen molar-refractivity contribution in [3.05, 3.63) is 18.0 Å². The minimum atomic E-state index is 0.218. The van der Waals surface area contributed by atoms with Crippen molar-refractivity contribution in [1.29, 1.82) is 0 Å². The average Bonchev–Trinajstić information content (AvgIpc) is 2.75. The summed E-state index contributed by atoms with van der Waals surface area (Å²) in [7, 11) is 3.74. The summed E-state index contributed by atoms with van der Waals surface area (Å²) < 4.78 is 7.46. The van der Waals surface area contributed by atoms with Gasteiger partial charge in [0.15, 0.2) is 0 Å². The zero-order chi connectivity index (χ0) is 12.7. The molecule has 17 heavy (non-hydrogen) atoms. The first-order chi connectivity index (χ1) is 8.22. The van der Waals surface area contributed by atoms with E-state index < -0.39 is 0 Å². The van der Waals surface area contributed by atoms with E-state index in [0.29, 0.717) is 0 Å². The first-order valence-electron chi connectivity index (χ1n) is 6.47. The number of aryl methyl sites for hydroxylation is 1. The molecule has 1 aromatic rings. The van der Waals surface area contributed by atoms with Crippen LogP contribution in [-0.4, -0.2) is 29.5 Å². The summed E-state index contributed by atoms with van der Waals surface area (Å²) in [4.78, 5) is 0. The van der Waals surface area contributed by atoms with E-state index in [4.69, 9.17) is 4.74 Å². The second kappa shape index (κ2) is 7.45. The quantitative estimate of drug-likeness (QED) is 0.756. The van der Waals surface area contributed by atoms with Gasteiger partial charge in [-0.2, -0.15) is 5.10 Å². The Kier molecular flexibility index (Phi) is 6.22. The number of aromatic nitrogens is 2. The first kappa shape index (κ1) is 14.2. The molecule has 4 nitrogen and oxygen atoms in total. The monoisotopic (exact) mass is 239 g/mol. The molecular formula is C13H25N3O. The number of methoxy groups -OCH3 is 1. The summed E-state index contributed by atoms with van der Waals surface area (Å²) in [6.07, 6.45) is 7.52. The van der Waals surface area contributed by atoms with Crippen molar-refractivity contribution in [2.24, 2.45) is 7.05 Å². The summed E-state index contributed by atoms with van der Waals surface area (Å²) >= 11 is 0. The van der Waals surface area contributed by atoms with E-state index in [2.05, 4.69) is 30.5 Å². The van der Waals surface area contributed by atoms with Crippen LogP contribution in [0.25, 0.3) is 0 Å². The van der Waals surface area contributed by atoms with E-state index in [0.717, 1.165) is 25.8 Å². The van der Waals surface area contributed by atoms with Gasteiger partial charge in [-0.3, -0.25) is 4.68 Å². The number of nitrogens with zero attached hydrogens (tertiary/aromatic N) is 2. The lowest BCUT2D eigenvalue weighted by molar-refractivity contribution is 0.0606. The van der Waals surface area contributed by atoms with Crippen molar-refractivity contribution < 1.29 is 4.74 Å². The van der Waals surface area contributed by atoms with Crippen LogP contribution in [0.5, 0.6) is 0 Å². The molecule has 1 aromatic heterocycles. The van der Waals surface area contributed by atoms with Crippen molar-refractivity contribution >= 4 is 0 Å². The van der Waals surface area contributed by atoms with Gasteiger partial charge in [0, 0.05) is 25.9 Å². The van der Waals surface area contributed by atoms with Gasteiger partial charge in [-0.1, -0.05) is 20.3 Å². The van der Waals surface area contributed by atoms with Crippen LogP contribution in [0.4, 0.5) is 0 Å². The molecular weight excluding hydrogens is 214 g/mol. The number of nitrogens with one attached hydrogen (secondary N) is 1. The van der Waals surface area contributed by atoms with Gasteiger partial charge in [0.1, 0.15) is 0 Å². The second-order valence-electron chi connectivity index (χ2n) is 4.44. The Hall–Kier alpha value is -0.870. The van der Waals surface area contributed by atoms with E-state index in [1.165, 1.54) is 5.56 Å². The Morgan fingerprint density at radius 3 is 2.65 bits per heavy atom. The van der Waals surface area contributed by atoms with Gasteiger partial charge in [-0.25, -0.2) is 0 Å². The Morgan fingerprint density at radius 2 is 2.18 bits per heavy atom. The van der Waals surface area contributed by atoms with E-state index in [-0.39, 0.29) is 12.1 Å². The summed E-state index contributed by atoms with van der Waals surface area (Å²) in [5.41, 5.74) is 1.21. The van der Waals surface area contributed by atoms with E-state index in [1.807, 2.05) is 17.9 Å². The Labute approximate surface area is 104 Å². The molecule has 0 aliphatic heterocycles. The van der Waals surface area contributed by atoms with Gasteiger partial charge in [-0.15, -0.1) is 0 Å².